The molecule has 0 spiro atoms. The van der Waals surface area contributed by atoms with Gasteiger partial charge in [-0.1, -0.05) is 6.07 Å². The van der Waals surface area contributed by atoms with Crippen molar-refractivity contribution in [3.63, 3.8) is 0 Å². The van der Waals surface area contributed by atoms with E-state index in [1.807, 2.05) is 26.2 Å². The van der Waals surface area contributed by atoms with Gasteiger partial charge in [0.05, 0.1) is 0 Å². The van der Waals surface area contributed by atoms with E-state index in [0.717, 1.165) is 29.2 Å². The van der Waals surface area contributed by atoms with Crippen molar-refractivity contribution in [2.24, 2.45) is 0 Å². The zero-order valence-corrected chi connectivity index (χ0v) is 12.4. The molecule has 104 valence electrons. The summed E-state index contributed by atoms with van der Waals surface area (Å²) in [6, 6.07) is 6.80. The Hall–Kier alpha value is -1.04. The van der Waals surface area contributed by atoms with E-state index in [0.29, 0.717) is 6.04 Å². The lowest BCUT2D eigenvalue weighted by molar-refractivity contribution is 0.319. The van der Waals surface area contributed by atoms with Crippen LogP contribution in [0.25, 0.3) is 0 Å². The summed E-state index contributed by atoms with van der Waals surface area (Å²) in [6.45, 7) is 2.19. The van der Waals surface area contributed by atoms with Crippen LogP contribution in [0.2, 0.25) is 0 Å². The van der Waals surface area contributed by atoms with Crippen molar-refractivity contribution in [1.29, 1.82) is 5.41 Å². The standard InChI is InChI=1S/C14H22N4S/c1-16-11-6-8-18(9-7-11)19-14-5-3-4-13(17-2)12(14)10-15/h3-5,10-11,15-17H,6-9H2,1-2H3. The molecule has 0 aromatic heterocycles. The van der Waals surface area contributed by atoms with Gasteiger partial charge in [-0.15, -0.1) is 0 Å². The summed E-state index contributed by atoms with van der Waals surface area (Å²) < 4.78 is 2.40. The fraction of sp³-hybridized carbons (Fsp3) is 0.500. The van der Waals surface area contributed by atoms with Crippen LogP contribution in [0.4, 0.5) is 5.69 Å². The number of nitrogens with zero attached hydrogens (tertiary/aromatic N) is 1. The fourth-order valence-corrected chi connectivity index (χ4v) is 3.44. The van der Waals surface area contributed by atoms with Crippen LogP contribution in [0, 0.1) is 5.41 Å². The van der Waals surface area contributed by atoms with Gasteiger partial charge in [0.25, 0.3) is 0 Å². The maximum atomic E-state index is 7.60. The lowest BCUT2D eigenvalue weighted by atomic mass is 10.1. The Balaban J connectivity index is 2.05. The maximum absolute atomic E-state index is 7.60. The minimum Gasteiger partial charge on any atom is -0.388 e. The second kappa shape index (κ2) is 6.93. The number of hydrogen-bond donors (Lipinski definition) is 3. The van der Waals surface area contributed by atoms with Crippen molar-refractivity contribution in [2.75, 3.05) is 32.5 Å². The van der Waals surface area contributed by atoms with Crippen molar-refractivity contribution >= 4 is 23.8 Å². The van der Waals surface area contributed by atoms with Crippen LogP contribution in [0.15, 0.2) is 23.1 Å². The molecule has 1 saturated heterocycles. The van der Waals surface area contributed by atoms with Crippen LogP contribution in [-0.4, -0.2) is 43.7 Å². The SMILES string of the molecule is CNc1cccc(SN2CCC(NC)CC2)c1C=N. The predicted octanol–water partition coefficient (Wildman–Crippen LogP) is 2.42. The Kier molecular flexibility index (Phi) is 5.24. The number of nitrogens with one attached hydrogen (secondary N) is 3. The Morgan fingerprint density at radius 1 is 1.32 bits per heavy atom. The highest BCUT2D eigenvalue weighted by molar-refractivity contribution is 7.97. The topological polar surface area (TPSA) is 51.1 Å². The van der Waals surface area contributed by atoms with Crippen LogP contribution < -0.4 is 10.6 Å². The molecule has 1 aliphatic heterocycles. The zero-order chi connectivity index (χ0) is 13.7. The smallest absolute Gasteiger partial charge is 0.0438 e. The average molecular weight is 278 g/mol. The monoisotopic (exact) mass is 278 g/mol. The summed E-state index contributed by atoms with van der Waals surface area (Å²) in [5, 5.41) is 14.1. The van der Waals surface area contributed by atoms with Crippen molar-refractivity contribution in [3.8, 4) is 0 Å². The molecule has 2 rings (SSSR count). The summed E-state index contributed by atoms with van der Waals surface area (Å²) in [7, 11) is 3.94. The van der Waals surface area contributed by atoms with E-state index in [9.17, 15) is 0 Å². The minimum atomic E-state index is 0.655. The molecule has 19 heavy (non-hydrogen) atoms. The van der Waals surface area contributed by atoms with Crippen molar-refractivity contribution in [2.45, 2.75) is 23.8 Å². The maximum Gasteiger partial charge on any atom is 0.0438 e. The van der Waals surface area contributed by atoms with E-state index in [1.54, 1.807) is 11.9 Å². The summed E-state index contributed by atoms with van der Waals surface area (Å²) in [4.78, 5) is 1.16. The van der Waals surface area contributed by atoms with Gasteiger partial charge in [0.1, 0.15) is 0 Å². The van der Waals surface area contributed by atoms with Crippen molar-refractivity contribution in [3.05, 3.63) is 23.8 Å². The Morgan fingerprint density at radius 2 is 2.05 bits per heavy atom. The summed E-state index contributed by atoms with van der Waals surface area (Å²) in [5.41, 5.74) is 2.00. The first-order valence-electron chi connectivity index (χ1n) is 6.70. The molecule has 0 atom stereocenters. The van der Waals surface area contributed by atoms with Gasteiger partial charge in [-0.25, -0.2) is 4.31 Å². The third-order valence-electron chi connectivity index (χ3n) is 3.57. The third-order valence-corrected chi connectivity index (χ3v) is 4.75. The number of benzene rings is 1. The third kappa shape index (κ3) is 3.49. The van der Waals surface area contributed by atoms with Crippen LogP contribution in [0.3, 0.4) is 0 Å². The number of anilines is 1. The number of hydrogen-bond acceptors (Lipinski definition) is 5. The molecule has 0 bridgehead atoms. The lowest BCUT2D eigenvalue weighted by Crippen LogP contribution is -2.38. The molecule has 1 heterocycles. The molecular formula is C14H22N4S. The van der Waals surface area contributed by atoms with Gasteiger partial charge >= 0.3 is 0 Å². The molecule has 0 unspecified atom stereocenters. The molecule has 3 N–H and O–H groups in total. The quantitative estimate of drug-likeness (QED) is 0.572. The number of rotatable bonds is 5. The highest BCUT2D eigenvalue weighted by atomic mass is 32.2. The van der Waals surface area contributed by atoms with E-state index in [-0.39, 0.29) is 0 Å². The molecule has 1 fully saturated rings. The van der Waals surface area contributed by atoms with Crippen LogP contribution >= 0.6 is 11.9 Å². The number of piperidine rings is 1. The van der Waals surface area contributed by atoms with Gasteiger partial charge in [0, 0.05) is 48.5 Å². The Labute approximate surface area is 119 Å². The van der Waals surface area contributed by atoms with Gasteiger partial charge in [-0.05, 0) is 44.0 Å². The first-order valence-corrected chi connectivity index (χ1v) is 7.47. The van der Waals surface area contributed by atoms with E-state index < -0.39 is 0 Å². The van der Waals surface area contributed by atoms with Gasteiger partial charge < -0.3 is 16.0 Å². The molecule has 5 heteroatoms. The molecule has 4 nitrogen and oxygen atoms in total. The van der Waals surface area contributed by atoms with E-state index in [2.05, 4.69) is 21.0 Å². The Morgan fingerprint density at radius 3 is 2.63 bits per heavy atom. The summed E-state index contributed by atoms with van der Waals surface area (Å²) in [6.07, 6.45) is 3.82. The molecule has 1 aliphatic rings. The molecule has 0 amide bonds. The van der Waals surface area contributed by atoms with Crippen molar-refractivity contribution < 1.29 is 0 Å². The van der Waals surface area contributed by atoms with E-state index in [4.69, 9.17) is 5.41 Å². The van der Waals surface area contributed by atoms with Gasteiger partial charge in [0.15, 0.2) is 0 Å². The molecule has 0 radical (unpaired) electrons. The van der Waals surface area contributed by atoms with E-state index in [1.165, 1.54) is 19.1 Å². The normalized spacial score (nSPS) is 17.4. The van der Waals surface area contributed by atoms with Crippen LogP contribution in [-0.2, 0) is 0 Å². The predicted molar refractivity (Wildman–Crippen MR) is 83.4 cm³/mol. The van der Waals surface area contributed by atoms with Gasteiger partial charge in [-0.3, -0.25) is 0 Å². The molecule has 0 saturated carbocycles. The van der Waals surface area contributed by atoms with Gasteiger partial charge in [-0.2, -0.15) is 0 Å². The first kappa shape index (κ1) is 14.4. The minimum absolute atomic E-state index is 0.655. The summed E-state index contributed by atoms with van der Waals surface area (Å²) in [5.74, 6) is 0. The Bertz CT molecular complexity index is 427. The first-order chi connectivity index (χ1) is 9.28. The second-order valence-electron chi connectivity index (χ2n) is 4.69. The largest absolute Gasteiger partial charge is 0.388 e. The van der Waals surface area contributed by atoms with Crippen LogP contribution in [0.5, 0.6) is 0 Å². The second-order valence-corrected chi connectivity index (χ2v) is 5.83. The van der Waals surface area contributed by atoms with Crippen LogP contribution in [0.1, 0.15) is 18.4 Å². The highest BCUT2D eigenvalue weighted by Gasteiger charge is 2.19. The van der Waals surface area contributed by atoms with E-state index >= 15 is 0 Å². The highest BCUT2D eigenvalue weighted by Crippen LogP contribution is 2.31. The average Bonchev–Trinajstić information content (AvgIpc) is 2.47. The molecular weight excluding hydrogens is 256 g/mol. The van der Waals surface area contributed by atoms with Gasteiger partial charge in [0.2, 0.25) is 0 Å². The zero-order valence-electron chi connectivity index (χ0n) is 11.6. The summed E-state index contributed by atoms with van der Waals surface area (Å²) >= 11 is 1.77. The van der Waals surface area contributed by atoms with Crippen molar-refractivity contribution in [1.82, 2.24) is 9.62 Å². The fourth-order valence-electron chi connectivity index (χ4n) is 2.37. The lowest BCUT2D eigenvalue weighted by Gasteiger charge is -2.31. The molecule has 1 aromatic rings. The molecule has 0 aliphatic carbocycles. The molecule has 1 aromatic carbocycles.